The summed E-state index contributed by atoms with van der Waals surface area (Å²) in [5.41, 5.74) is 0.995. The van der Waals surface area contributed by atoms with Crippen molar-refractivity contribution in [1.29, 1.82) is 0 Å². The Morgan fingerprint density at radius 1 is 1.28 bits per heavy atom. The van der Waals surface area contributed by atoms with Crippen molar-refractivity contribution < 1.29 is 19.1 Å². The predicted molar refractivity (Wildman–Crippen MR) is 112 cm³/mol. The second kappa shape index (κ2) is 8.72. The standard InChI is InChI=1S/C21H24N4O4/c1-13(2)12-25-19(14-8-5-6-9-15(14)23-21(25)27)24-20(26)22-16-10-7-11-17(28-3)18(16)29-4/h5-11,13-14H,12H2,1-4H3,(H,22,26)/b24-19+. The van der Waals surface area contributed by atoms with Gasteiger partial charge in [-0.3, -0.25) is 4.90 Å². The van der Waals surface area contributed by atoms with Crippen molar-refractivity contribution in [3.63, 3.8) is 0 Å². The molecule has 0 saturated heterocycles. The quantitative estimate of drug-likeness (QED) is 0.817. The van der Waals surface area contributed by atoms with E-state index in [1.807, 2.05) is 26.0 Å². The number of amidine groups is 1. The number of benzene rings is 1. The zero-order chi connectivity index (χ0) is 21.0. The number of fused-ring (bicyclic) bond motifs is 1. The number of para-hydroxylation sites is 1. The van der Waals surface area contributed by atoms with Crippen molar-refractivity contribution in [1.82, 2.24) is 4.90 Å². The highest BCUT2D eigenvalue weighted by Crippen LogP contribution is 2.34. The SMILES string of the molecule is COc1cccc(NC(=O)/N=C2\C3C=CC=CC3=NC(=O)N2CC(C)C)c1OC. The van der Waals surface area contributed by atoms with E-state index in [0.29, 0.717) is 35.3 Å². The Balaban J connectivity index is 1.94. The third-order valence-electron chi connectivity index (χ3n) is 4.42. The fourth-order valence-electron chi connectivity index (χ4n) is 3.19. The number of allylic oxidation sites excluding steroid dienone is 3. The van der Waals surface area contributed by atoms with Crippen LogP contribution in [0.2, 0.25) is 0 Å². The lowest BCUT2D eigenvalue weighted by Crippen LogP contribution is -2.48. The molecule has 1 N–H and O–H groups in total. The molecule has 8 nitrogen and oxygen atoms in total. The molecule has 0 saturated carbocycles. The Morgan fingerprint density at radius 3 is 2.76 bits per heavy atom. The first kappa shape index (κ1) is 20.3. The highest BCUT2D eigenvalue weighted by atomic mass is 16.5. The number of nitrogens with one attached hydrogen (secondary N) is 1. The molecule has 152 valence electrons. The van der Waals surface area contributed by atoms with E-state index in [-0.39, 0.29) is 11.8 Å². The second-order valence-corrected chi connectivity index (χ2v) is 6.99. The van der Waals surface area contributed by atoms with Gasteiger partial charge in [0.05, 0.1) is 31.5 Å². The van der Waals surface area contributed by atoms with Crippen LogP contribution in [-0.4, -0.2) is 49.3 Å². The number of methoxy groups -OCH3 is 2. The molecule has 8 heteroatoms. The Bertz CT molecular complexity index is 931. The summed E-state index contributed by atoms with van der Waals surface area (Å²) in [6.45, 7) is 4.39. The maximum absolute atomic E-state index is 12.7. The third-order valence-corrected chi connectivity index (χ3v) is 4.42. The minimum Gasteiger partial charge on any atom is -0.493 e. The van der Waals surface area contributed by atoms with Crippen LogP contribution >= 0.6 is 0 Å². The van der Waals surface area contributed by atoms with Gasteiger partial charge < -0.3 is 14.8 Å². The number of anilines is 1. The van der Waals surface area contributed by atoms with E-state index in [1.54, 1.807) is 30.4 Å². The van der Waals surface area contributed by atoms with Crippen LogP contribution in [0.25, 0.3) is 0 Å². The lowest BCUT2D eigenvalue weighted by atomic mass is 9.94. The molecule has 0 aromatic heterocycles. The molecule has 0 spiro atoms. The van der Waals surface area contributed by atoms with Gasteiger partial charge in [-0.1, -0.05) is 38.1 Å². The molecular weight excluding hydrogens is 372 g/mol. The van der Waals surface area contributed by atoms with Gasteiger partial charge in [-0.2, -0.15) is 9.98 Å². The summed E-state index contributed by atoms with van der Waals surface area (Å²) < 4.78 is 10.6. The molecule has 0 bridgehead atoms. The molecule has 1 atom stereocenters. The molecule has 3 rings (SSSR count). The van der Waals surface area contributed by atoms with E-state index in [2.05, 4.69) is 15.3 Å². The van der Waals surface area contributed by atoms with E-state index in [0.717, 1.165) is 0 Å². The number of carbonyl (C=O) groups is 2. The van der Waals surface area contributed by atoms with E-state index in [4.69, 9.17) is 9.47 Å². The number of hydrogen-bond acceptors (Lipinski definition) is 4. The smallest absolute Gasteiger partial charge is 0.349 e. The normalized spacial score (nSPS) is 19.3. The zero-order valence-corrected chi connectivity index (χ0v) is 16.9. The fourth-order valence-corrected chi connectivity index (χ4v) is 3.19. The summed E-state index contributed by atoms with van der Waals surface area (Å²) in [6, 6.07) is 4.12. The van der Waals surface area contributed by atoms with Crippen LogP contribution in [-0.2, 0) is 0 Å². The summed E-state index contributed by atoms with van der Waals surface area (Å²) in [6.07, 6.45) is 7.29. The zero-order valence-electron chi connectivity index (χ0n) is 16.9. The first-order valence-electron chi connectivity index (χ1n) is 9.30. The Kier molecular flexibility index (Phi) is 6.11. The van der Waals surface area contributed by atoms with Gasteiger partial charge in [0.25, 0.3) is 0 Å². The number of nitrogens with zero attached hydrogens (tertiary/aromatic N) is 3. The topological polar surface area (TPSA) is 92.6 Å². The van der Waals surface area contributed by atoms with Gasteiger partial charge in [0.1, 0.15) is 5.84 Å². The number of carbonyl (C=O) groups excluding carboxylic acids is 2. The summed E-state index contributed by atoms with van der Waals surface area (Å²) in [7, 11) is 3.01. The number of aliphatic imine (C=N–C) groups is 2. The van der Waals surface area contributed by atoms with E-state index < -0.39 is 12.1 Å². The van der Waals surface area contributed by atoms with Crippen molar-refractivity contribution in [2.24, 2.45) is 21.8 Å². The molecule has 29 heavy (non-hydrogen) atoms. The second-order valence-electron chi connectivity index (χ2n) is 6.99. The van der Waals surface area contributed by atoms with Crippen molar-refractivity contribution in [2.45, 2.75) is 13.8 Å². The maximum Gasteiger partial charge on any atom is 0.349 e. The first-order valence-corrected chi connectivity index (χ1v) is 9.30. The summed E-state index contributed by atoms with van der Waals surface area (Å²) in [5.74, 6) is 1.07. The summed E-state index contributed by atoms with van der Waals surface area (Å²) >= 11 is 0. The predicted octanol–water partition coefficient (Wildman–Crippen LogP) is 3.91. The van der Waals surface area contributed by atoms with Crippen molar-refractivity contribution in [3.05, 3.63) is 42.5 Å². The van der Waals surface area contributed by atoms with Gasteiger partial charge in [-0.25, -0.2) is 9.59 Å². The molecule has 1 heterocycles. The average Bonchev–Trinajstić information content (AvgIpc) is 2.70. The molecule has 4 amide bonds. The summed E-state index contributed by atoms with van der Waals surface area (Å²) in [5, 5.41) is 2.72. The minimum atomic E-state index is -0.614. The molecule has 1 aromatic rings. The lowest BCUT2D eigenvalue weighted by molar-refractivity contribution is 0.224. The Hall–Kier alpha value is -3.42. The van der Waals surface area contributed by atoms with Gasteiger partial charge in [-0.15, -0.1) is 0 Å². The average molecular weight is 396 g/mol. The fraction of sp³-hybridized carbons (Fsp3) is 0.333. The molecule has 1 aliphatic heterocycles. The highest BCUT2D eigenvalue weighted by molar-refractivity contribution is 6.24. The maximum atomic E-state index is 12.7. The van der Waals surface area contributed by atoms with Gasteiger partial charge in [-0.05, 0) is 24.1 Å². The molecule has 0 fully saturated rings. The first-order chi connectivity index (χ1) is 13.9. The third kappa shape index (κ3) is 4.37. The largest absolute Gasteiger partial charge is 0.493 e. The van der Waals surface area contributed by atoms with E-state index in [1.165, 1.54) is 19.1 Å². The van der Waals surface area contributed by atoms with Gasteiger partial charge in [0, 0.05) is 6.54 Å². The molecule has 1 unspecified atom stereocenters. The van der Waals surface area contributed by atoms with E-state index >= 15 is 0 Å². The molecule has 1 aromatic carbocycles. The van der Waals surface area contributed by atoms with Crippen LogP contribution in [0.4, 0.5) is 15.3 Å². The van der Waals surface area contributed by atoms with Crippen LogP contribution in [0, 0.1) is 11.8 Å². The van der Waals surface area contributed by atoms with Crippen molar-refractivity contribution >= 4 is 29.3 Å². The Morgan fingerprint density at radius 2 is 2.07 bits per heavy atom. The molecule has 1 aliphatic carbocycles. The van der Waals surface area contributed by atoms with Crippen molar-refractivity contribution in [3.8, 4) is 11.5 Å². The monoisotopic (exact) mass is 396 g/mol. The number of amides is 4. The molecule has 0 radical (unpaired) electrons. The van der Waals surface area contributed by atoms with Crippen LogP contribution in [0.1, 0.15) is 13.8 Å². The van der Waals surface area contributed by atoms with Crippen LogP contribution in [0.3, 0.4) is 0 Å². The number of rotatable bonds is 5. The molecular formula is C21H24N4O4. The van der Waals surface area contributed by atoms with Crippen LogP contribution in [0.5, 0.6) is 11.5 Å². The van der Waals surface area contributed by atoms with Crippen molar-refractivity contribution in [2.75, 3.05) is 26.1 Å². The number of hydrogen-bond donors (Lipinski definition) is 1. The summed E-state index contributed by atoms with van der Waals surface area (Å²) in [4.78, 5) is 35.1. The van der Waals surface area contributed by atoms with Gasteiger partial charge in [0.15, 0.2) is 11.5 Å². The highest BCUT2D eigenvalue weighted by Gasteiger charge is 2.34. The van der Waals surface area contributed by atoms with Gasteiger partial charge >= 0.3 is 12.1 Å². The Labute approximate surface area is 169 Å². The van der Waals surface area contributed by atoms with Crippen LogP contribution < -0.4 is 14.8 Å². The lowest BCUT2D eigenvalue weighted by Gasteiger charge is -2.32. The number of ether oxygens (including phenoxy) is 2. The van der Waals surface area contributed by atoms with Gasteiger partial charge in [0.2, 0.25) is 0 Å². The number of urea groups is 2. The molecule has 2 aliphatic rings. The van der Waals surface area contributed by atoms with Crippen LogP contribution in [0.15, 0.2) is 52.5 Å². The minimum absolute atomic E-state index is 0.186. The van der Waals surface area contributed by atoms with E-state index in [9.17, 15) is 9.59 Å².